The summed E-state index contributed by atoms with van der Waals surface area (Å²) in [7, 11) is 0. The van der Waals surface area contributed by atoms with E-state index in [1.165, 1.54) is 0 Å². The number of halogens is 1. The van der Waals surface area contributed by atoms with Crippen LogP contribution in [-0.2, 0) is 9.53 Å². The highest BCUT2D eigenvalue weighted by Crippen LogP contribution is 1.99. The van der Waals surface area contributed by atoms with E-state index in [-0.39, 0.29) is 25.1 Å². The average Bonchev–Trinajstić information content (AvgIpc) is 1.88. The van der Waals surface area contributed by atoms with Crippen LogP contribution in [0.1, 0.15) is 6.92 Å². The summed E-state index contributed by atoms with van der Waals surface area (Å²) in [5.74, 6) is -0.841. The summed E-state index contributed by atoms with van der Waals surface area (Å²) in [6.07, 6.45) is 0.135. The molecule has 1 saturated heterocycles. The molecule has 0 spiro atoms. The minimum Gasteiger partial charge on any atom is -0.480 e. The summed E-state index contributed by atoms with van der Waals surface area (Å²) in [5.41, 5.74) is 0. The van der Waals surface area contributed by atoms with Crippen LogP contribution < -0.4 is 5.32 Å². The van der Waals surface area contributed by atoms with E-state index in [4.69, 9.17) is 9.84 Å². The monoisotopic (exact) mass is 181 g/mol. The van der Waals surface area contributed by atoms with Crippen molar-refractivity contribution in [3.05, 3.63) is 0 Å². The maximum atomic E-state index is 10.3. The number of carboxylic acid groups (broad SMARTS) is 1. The van der Waals surface area contributed by atoms with Crippen LogP contribution in [0.4, 0.5) is 0 Å². The lowest BCUT2D eigenvalue weighted by Gasteiger charge is -2.25. The number of carbonyl (C=O) groups is 1. The van der Waals surface area contributed by atoms with E-state index in [1.54, 1.807) is 0 Å². The quantitative estimate of drug-likeness (QED) is 0.592. The first-order valence-corrected chi connectivity index (χ1v) is 3.28. The van der Waals surface area contributed by atoms with Gasteiger partial charge in [-0.15, -0.1) is 12.4 Å². The summed E-state index contributed by atoms with van der Waals surface area (Å²) in [5, 5.41) is 11.3. The summed E-state index contributed by atoms with van der Waals surface area (Å²) >= 11 is 0. The maximum absolute atomic E-state index is 10.3. The molecule has 0 unspecified atom stereocenters. The number of hydrogen-bond acceptors (Lipinski definition) is 3. The zero-order valence-corrected chi connectivity index (χ0v) is 7.06. The molecular formula is C6H12ClNO3. The highest BCUT2D eigenvalue weighted by molar-refractivity contribution is 5.85. The molecular weight excluding hydrogens is 170 g/mol. The first-order chi connectivity index (χ1) is 4.70. The van der Waals surface area contributed by atoms with Gasteiger partial charge in [-0.25, -0.2) is 0 Å². The van der Waals surface area contributed by atoms with Crippen molar-refractivity contribution in [1.29, 1.82) is 0 Å². The predicted octanol–water partition coefficient (Wildman–Crippen LogP) is -0.130. The Labute approximate surface area is 71.3 Å². The normalized spacial score (nSPS) is 30.6. The van der Waals surface area contributed by atoms with Gasteiger partial charge >= 0.3 is 5.97 Å². The zero-order valence-electron chi connectivity index (χ0n) is 6.24. The van der Waals surface area contributed by atoms with Crippen molar-refractivity contribution >= 4 is 18.4 Å². The van der Waals surface area contributed by atoms with Gasteiger partial charge in [-0.05, 0) is 6.92 Å². The molecule has 0 saturated carbocycles. The van der Waals surface area contributed by atoms with Crippen molar-refractivity contribution in [2.75, 3.05) is 13.2 Å². The van der Waals surface area contributed by atoms with E-state index in [0.29, 0.717) is 6.54 Å². The number of rotatable bonds is 1. The van der Waals surface area contributed by atoms with Gasteiger partial charge in [0.2, 0.25) is 0 Å². The molecule has 66 valence electrons. The van der Waals surface area contributed by atoms with Gasteiger partial charge in [-0.1, -0.05) is 0 Å². The second-order valence-electron chi connectivity index (χ2n) is 2.44. The average molecular weight is 182 g/mol. The number of nitrogens with one attached hydrogen (secondary N) is 1. The number of ether oxygens (including phenoxy) is 1. The lowest BCUT2D eigenvalue weighted by molar-refractivity contribution is -0.143. The van der Waals surface area contributed by atoms with Crippen molar-refractivity contribution < 1.29 is 14.6 Å². The molecule has 2 atom stereocenters. The van der Waals surface area contributed by atoms with Crippen molar-refractivity contribution in [2.45, 2.75) is 19.1 Å². The molecule has 1 heterocycles. The van der Waals surface area contributed by atoms with Crippen LogP contribution in [0.5, 0.6) is 0 Å². The Hall–Kier alpha value is -0.320. The molecule has 1 aliphatic rings. The Balaban J connectivity index is 0.000001000. The van der Waals surface area contributed by atoms with Crippen LogP contribution in [0, 0.1) is 0 Å². The lowest BCUT2D eigenvalue weighted by Crippen LogP contribution is -2.49. The zero-order chi connectivity index (χ0) is 7.56. The first kappa shape index (κ1) is 10.7. The summed E-state index contributed by atoms with van der Waals surface area (Å²) in [4.78, 5) is 10.3. The molecule has 0 amide bonds. The number of carboxylic acids is 1. The standard InChI is InChI=1S/C6H11NO3.ClH/c1-4-2-7-5(3-10-4)6(8)9;/h4-5,7H,2-3H2,1H3,(H,8,9);1H/t4-,5-;/m1./s1. The number of aliphatic carboxylic acids is 1. The van der Waals surface area contributed by atoms with E-state index in [0.717, 1.165) is 0 Å². The number of hydrogen-bond donors (Lipinski definition) is 2. The van der Waals surface area contributed by atoms with Gasteiger partial charge in [0.25, 0.3) is 0 Å². The van der Waals surface area contributed by atoms with Gasteiger partial charge < -0.3 is 9.84 Å². The molecule has 2 N–H and O–H groups in total. The van der Waals surface area contributed by atoms with Crippen LogP contribution in [0.2, 0.25) is 0 Å². The molecule has 0 bridgehead atoms. The van der Waals surface area contributed by atoms with Gasteiger partial charge in [-0.3, -0.25) is 10.1 Å². The van der Waals surface area contributed by atoms with Crippen molar-refractivity contribution in [3.63, 3.8) is 0 Å². The van der Waals surface area contributed by atoms with Crippen molar-refractivity contribution in [2.24, 2.45) is 0 Å². The molecule has 4 nitrogen and oxygen atoms in total. The fraction of sp³-hybridized carbons (Fsp3) is 0.833. The van der Waals surface area contributed by atoms with E-state index in [1.807, 2.05) is 6.92 Å². The molecule has 0 aromatic carbocycles. The molecule has 0 aliphatic carbocycles. The van der Waals surface area contributed by atoms with Gasteiger partial charge in [0.1, 0.15) is 6.04 Å². The smallest absolute Gasteiger partial charge is 0.323 e. The third-order valence-electron chi connectivity index (χ3n) is 1.50. The minimum atomic E-state index is -0.841. The van der Waals surface area contributed by atoms with Gasteiger partial charge in [0.05, 0.1) is 12.7 Å². The fourth-order valence-electron chi connectivity index (χ4n) is 0.845. The lowest BCUT2D eigenvalue weighted by atomic mass is 10.2. The fourth-order valence-corrected chi connectivity index (χ4v) is 0.845. The molecule has 11 heavy (non-hydrogen) atoms. The van der Waals surface area contributed by atoms with E-state index in [2.05, 4.69) is 5.32 Å². The molecule has 5 heteroatoms. The Bertz CT molecular complexity index is 134. The molecule has 0 radical (unpaired) electrons. The van der Waals surface area contributed by atoms with Crippen molar-refractivity contribution in [3.8, 4) is 0 Å². The minimum absolute atomic E-state index is 0. The molecule has 0 aromatic heterocycles. The predicted molar refractivity (Wildman–Crippen MR) is 42.1 cm³/mol. The Morgan fingerprint density at radius 2 is 2.36 bits per heavy atom. The molecule has 1 aliphatic heterocycles. The SMILES string of the molecule is C[C@@H]1CN[C@@H](C(=O)O)CO1.Cl. The highest BCUT2D eigenvalue weighted by Gasteiger charge is 2.22. The second-order valence-corrected chi connectivity index (χ2v) is 2.44. The third kappa shape index (κ3) is 3.05. The maximum Gasteiger partial charge on any atom is 0.323 e. The van der Waals surface area contributed by atoms with E-state index < -0.39 is 12.0 Å². The van der Waals surface area contributed by atoms with Gasteiger partial charge in [0.15, 0.2) is 0 Å². The van der Waals surface area contributed by atoms with E-state index >= 15 is 0 Å². The third-order valence-corrected chi connectivity index (χ3v) is 1.50. The summed E-state index contributed by atoms with van der Waals surface area (Å²) < 4.78 is 5.11. The topological polar surface area (TPSA) is 58.6 Å². The largest absolute Gasteiger partial charge is 0.480 e. The summed E-state index contributed by atoms with van der Waals surface area (Å²) in [6.45, 7) is 2.80. The van der Waals surface area contributed by atoms with Gasteiger partial charge in [-0.2, -0.15) is 0 Å². The first-order valence-electron chi connectivity index (χ1n) is 3.28. The van der Waals surface area contributed by atoms with Gasteiger partial charge in [0, 0.05) is 6.54 Å². The van der Waals surface area contributed by atoms with Crippen LogP contribution in [0.15, 0.2) is 0 Å². The molecule has 0 aromatic rings. The highest BCUT2D eigenvalue weighted by atomic mass is 35.5. The second kappa shape index (κ2) is 4.54. The van der Waals surface area contributed by atoms with Crippen molar-refractivity contribution in [1.82, 2.24) is 5.32 Å². The van der Waals surface area contributed by atoms with E-state index in [9.17, 15) is 4.79 Å². The molecule has 1 fully saturated rings. The van der Waals surface area contributed by atoms with Crippen LogP contribution in [0.25, 0.3) is 0 Å². The Kier molecular flexibility index (Phi) is 4.40. The molecule has 1 rings (SSSR count). The Morgan fingerprint density at radius 1 is 1.73 bits per heavy atom. The van der Waals surface area contributed by atoms with Crippen LogP contribution in [-0.4, -0.2) is 36.4 Å². The van der Waals surface area contributed by atoms with Crippen LogP contribution in [0.3, 0.4) is 0 Å². The Morgan fingerprint density at radius 3 is 2.73 bits per heavy atom. The summed E-state index contributed by atoms with van der Waals surface area (Å²) in [6, 6.07) is -0.517. The van der Waals surface area contributed by atoms with Crippen LogP contribution >= 0.6 is 12.4 Å². The number of morpholine rings is 1.